The summed E-state index contributed by atoms with van der Waals surface area (Å²) in [5.74, 6) is -10.8. The van der Waals surface area contributed by atoms with Gasteiger partial charge in [-0.25, -0.2) is 22.0 Å². The summed E-state index contributed by atoms with van der Waals surface area (Å²) in [6, 6.07) is 4.28. The van der Waals surface area contributed by atoms with Gasteiger partial charge in [0, 0.05) is 17.5 Å². The summed E-state index contributed by atoms with van der Waals surface area (Å²) in [5, 5.41) is 0. The number of alkyl halides is 2. The van der Waals surface area contributed by atoms with Crippen molar-refractivity contribution in [2.75, 3.05) is 6.61 Å². The van der Waals surface area contributed by atoms with Gasteiger partial charge in [-0.15, -0.1) is 0 Å². The van der Waals surface area contributed by atoms with Gasteiger partial charge in [0.25, 0.3) is 5.92 Å². The van der Waals surface area contributed by atoms with Crippen LogP contribution in [0, 0.1) is 29.2 Å². The number of halogens is 6. The predicted molar refractivity (Wildman–Crippen MR) is 112 cm³/mol. The molecule has 2 aromatic carbocycles. The molecule has 2 unspecified atom stereocenters. The largest absolute Gasteiger partial charge is 0.491 e. The van der Waals surface area contributed by atoms with Crippen molar-refractivity contribution in [1.82, 2.24) is 0 Å². The summed E-state index contributed by atoms with van der Waals surface area (Å²) in [7, 11) is 0. The van der Waals surface area contributed by atoms with E-state index in [0.29, 0.717) is 19.3 Å². The summed E-state index contributed by atoms with van der Waals surface area (Å²) in [5.41, 5.74) is -1.47. The molecule has 1 fully saturated rings. The Bertz CT molecular complexity index is 985. The molecule has 0 aromatic heterocycles. The van der Waals surface area contributed by atoms with Crippen LogP contribution < -0.4 is 4.74 Å². The average Bonchev–Trinajstić information content (AvgIpc) is 2.74. The molecule has 2 atom stereocenters. The second-order valence-electron chi connectivity index (χ2n) is 8.11. The molecule has 1 aliphatic carbocycles. The quantitative estimate of drug-likeness (QED) is 0.301. The molecule has 7 heteroatoms. The molecule has 0 heterocycles. The van der Waals surface area contributed by atoms with Crippen molar-refractivity contribution in [1.29, 1.82) is 0 Å². The highest BCUT2D eigenvalue weighted by Crippen LogP contribution is 2.49. The fraction of sp³-hybridized carbons (Fsp3) is 0.440. The Hall–Kier alpha value is -2.44. The molecule has 1 aliphatic rings. The lowest BCUT2D eigenvalue weighted by molar-refractivity contribution is -0.0743. The number of allylic oxidation sites excluding steroid dienone is 2. The number of ether oxygens (including phenoxy) is 1. The van der Waals surface area contributed by atoms with Crippen molar-refractivity contribution >= 4 is 0 Å². The Morgan fingerprint density at radius 2 is 1.59 bits per heavy atom. The van der Waals surface area contributed by atoms with Crippen LogP contribution in [0.2, 0.25) is 0 Å². The van der Waals surface area contributed by atoms with Crippen molar-refractivity contribution in [3.05, 3.63) is 65.2 Å². The van der Waals surface area contributed by atoms with Crippen LogP contribution in [0.3, 0.4) is 0 Å². The molecule has 0 N–H and O–H groups in total. The van der Waals surface area contributed by atoms with Crippen molar-refractivity contribution in [3.63, 3.8) is 0 Å². The molecule has 0 saturated heterocycles. The third kappa shape index (κ3) is 4.81. The standard InChI is InChI=1S/C25H26F6O/c1-3-5-6-7-15-8-12-19(25(30,31)14-15)18-10-9-16(21(26)23(18)28)17-11-13-20(32-4-2)24(29)22(17)27/h3,5,9-11,13,15,19H,4,6-8,12,14H2,1-2H3/b5-3+. The normalized spacial score (nSPS) is 20.6. The molecule has 3 rings (SSSR count). The first-order valence-electron chi connectivity index (χ1n) is 10.8. The van der Waals surface area contributed by atoms with E-state index in [1.807, 2.05) is 19.1 Å². The molecule has 32 heavy (non-hydrogen) atoms. The number of hydrogen-bond acceptors (Lipinski definition) is 1. The lowest BCUT2D eigenvalue weighted by Crippen LogP contribution is -2.35. The number of hydrogen-bond donors (Lipinski definition) is 0. The molecular formula is C25H26F6O. The van der Waals surface area contributed by atoms with Crippen molar-refractivity contribution in [3.8, 4) is 16.9 Å². The number of rotatable bonds is 7. The Morgan fingerprint density at radius 1 is 0.938 bits per heavy atom. The molecule has 1 saturated carbocycles. The van der Waals surface area contributed by atoms with Gasteiger partial charge in [-0.05, 0) is 63.1 Å². The molecule has 0 spiro atoms. The Morgan fingerprint density at radius 3 is 2.22 bits per heavy atom. The third-order valence-corrected chi connectivity index (χ3v) is 6.04. The maximum atomic E-state index is 14.9. The summed E-state index contributed by atoms with van der Waals surface area (Å²) >= 11 is 0. The topological polar surface area (TPSA) is 9.23 Å². The molecule has 2 aromatic rings. The minimum absolute atomic E-state index is 0.0231. The highest BCUT2D eigenvalue weighted by Gasteiger charge is 2.47. The maximum absolute atomic E-state index is 14.9. The van der Waals surface area contributed by atoms with E-state index < -0.39 is 58.2 Å². The van der Waals surface area contributed by atoms with Gasteiger partial charge in [-0.2, -0.15) is 4.39 Å². The van der Waals surface area contributed by atoms with Gasteiger partial charge in [-0.1, -0.05) is 24.3 Å². The van der Waals surface area contributed by atoms with E-state index in [0.717, 1.165) is 24.3 Å². The Labute approximate surface area is 184 Å². The van der Waals surface area contributed by atoms with Crippen LogP contribution in [-0.2, 0) is 0 Å². The van der Waals surface area contributed by atoms with E-state index >= 15 is 0 Å². The second kappa shape index (κ2) is 10.0. The van der Waals surface area contributed by atoms with E-state index in [-0.39, 0.29) is 24.7 Å². The predicted octanol–water partition coefficient (Wildman–Crippen LogP) is 8.18. The smallest absolute Gasteiger partial charge is 0.255 e. The van der Waals surface area contributed by atoms with Crippen molar-refractivity contribution < 1.29 is 31.1 Å². The van der Waals surface area contributed by atoms with E-state index in [1.165, 1.54) is 0 Å². The van der Waals surface area contributed by atoms with Crippen LogP contribution in [-0.4, -0.2) is 12.5 Å². The summed E-state index contributed by atoms with van der Waals surface area (Å²) < 4.78 is 93.0. The van der Waals surface area contributed by atoms with Gasteiger partial charge in [0.05, 0.1) is 12.5 Å². The first-order chi connectivity index (χ1) is 15.2. The van der Waals surface area contributed by atoms with E-state index in [2.05, 4.69) is 0 Å². The van der Waals surface area contributed by atoms with Gasteiger partial charge in [-0.3, -0.25) is 0 Å². The van der Waals surface area contributed by atoms with Gasteiger partial charge >= 0.3 is 0 Å². The highest BCUT2D eigenvalue weighted by atomic mass is 19.3. The molecule has 0 bridgehead atoms. The van der Waals surface area contributed by atoms with Crippen LogP contribution in [0.5, 0.6) is 5.75 Å². The summed E-state index contributed by atoms with van der Waals surface area (Å²) in [4.78, 5) is 0. The molecule has 0 amide bonds. The molecule has 0 radical (unpaired) electrons. The summed E-state index contributed by atoms with van der Waals surface area (Å²) in [6.45, 7) is 3.55. The highest BCUT2D eigenvalue weighted by molar-refractivity contribution is 5.67. The van der Waals surface area contributed by atoms with E-state index in [9.17, 15) is 26.3 Å². The lowest BCUT2D eigenvalue weighted by Gasteiger charge is -2.36. The SMILES string of the molecule is C/C=C/CCC1CCC(c2ccc(-c3ccc(OCC)c(F)c3F)c(F)c2F)C(F)(F)C1. The zero-order valence-electron chi connectivity index (χ0n) is 18.0. The van der Waals surface area contributed by atoms with Crippen LogP contribution in [0.1, 0.15) is 57.4 Å². The zero-order valence-corrected chi connectivity index (χ0v) is 18.0. The van der Waals surface area contributed by atoms with E-state index in [1.54, 1.807) is 6.92 Å². The molecule has 174 valence electrons. The maximum Gasteiger partial charge on any atom is 0.255 e. The zero-order chi connectivity index (χ0) is 23.5. The summed E-state index contributed by atoms with van der Waals surface area (Å²) in [6.07, 6.45) is 5.21. The van der Waals surface area contributed by atoms with Gasteiger partial charge < -0.3 is 4.74 Å². The Balaban J connectivity index is 1.89. The lowest BCUT2D eigenvalue weighted by atomic mass is 9.74. The fourth-order valence-corrected chi connectivity index (χ4v) is 4.42. The molecule has 0 aliphatic heterocycles. The third-order valence-electron chi connectivity index (χ3n) is 6.04. The number of benzene rings is 2. The van der Waals surface area contributed by atoms with Gasteiger partial charge in [0.2, 0.25) is 5.82 Å². The molecular weight excluding hydrogens is 430 g/mol. The van der Waals surface area contributed by atoms with Crippen LogP contribution >= 0.6 is 0 Å². The fourth-order valence-electron chi connectivity index (χ4n) is 4.42. The first kappa shape index (κ1) is 24.2. The van der Waals surface area contributed by atoms with Crippen LogP contribution in [0.25, 0.3) is 11.1 Å². The van der Waals surface area contributed by atoms with Crippen molar-refractivity contribution in [2.24, 2.45) is 5.92 Å². The van der Waals surface area contributed by atoms with Crippen LogP contribution in [0.15, 0.2) is 36.4 Å². The molecule has 1 nitrogen and oxygen atoms in total. The van der Waals surface area contributed by atoms with Crippen molar-refractivity contribution in [2.45, 2.75) is 57.8 Å². The monoisotopic (exact) mass is 456 g/mol. The van der Waals surface area contributed by atoms with Gasteiger partial charge in [0.1, 0.15) is 0 Å². The van der Waals surface area contributed by atoms with E-state index in [4.69, 9.17) is 4.74 Å². The minimum Gasteiger partial charge on any atom is -0.491 e. The first-order valence-corrected chi connectivity index (χ1v) is 10.8. The van der Waals surface area contributed by atoms with Gasteiger partial charge in [0.15, 0.2) is 23.2 Å². The van der Waals surface area contributed by atoms with Crippen LogP contribution in [0.4, 0.5) is 26.3 Å². The minimum atomic E-state index is -3.19. The Kier molecular flexibility index (Phi) is 7.57. The average molecular weight is 456 g/mol. The second-order valence-corrected chi connectivity index (χ2v) is 8.11.